The van der Waals surface area contributed by atoms with Crippen LogP contribution >= 0.6 is 11.3 Å². The summed E-state index contributed by atoms with van der Waals surface area (Å²) in [6.45, 7) is 7.41. The largest absolute Gasteiger partial charge is 0.370 e. The van der Waals surface area contributed by atoms with Crippen molar-refractivity contribution >= 4 is 23.2 Å². The van der Waals surface area contributed by atoms with Crippen molar-refractivity contribution < 1.29 is 18.7 Å². The maximum Gasteiger partial charge on any atom is 0.273 e. The van der Waals surface area contributed by atoms with Gasteiger partial charge < -0.3 is 14.5 Å². The van der Waals surface area contributed by atoms with Gasteiger partial charge in [0.1, 0.15) is 18.1 Å². The highest BCUT2D eigenvalue weighted by atomic mass is 32.1. The number of carbonyl (C=O) groups is 2. The zero-order valence-corrected chi connectivity index (χ0v) is 17.7. The molecule has 1 aromatic heterocycles. The molecule has 0 N–H and O–H groups in total. The number of aryl methyl sites for hydroxylation is 1. The van der Waals surface area contributed by atoms with Gasteiger partial charge in [0, 0.05) is 25.0 Å². The van der Waals surface area contributed by atoms with Gasteiger partial charge in [0.15, 0.2) is 0 Å². The second kappa shape index (κ2) is 9.45. The van der Waals surface area contributed by atoms with Crippen molar-refractivity contribution in [3.8, 4) is 0 Å². The van der Waals surface area contributed by atoms with Gasteiger partial charge in [-0.05, 0) is 30.5 Å². The first-order valence-corrected chi connectivity index (χ1v) is 10.5. The van der Waals surface area contributed by atoms with Gasteiger partial charge in [-0.2, -0.15) is 0 Å². The predicted octanol–water partition coefficient (Wildman–Crippen LogP) is 3.12. The molecule has 1 saturated heterocycles. The van der Waals surface area contributed by atoms with Gasteiger partial charge in [0.2, 0.25) is 5.91 Å². The van der Waals surface area contributed by atoms with Crippen molar-refractivity contribution in [2.75, 3.05) is 26.2 Å². The summed E-state index contributed by atoms with van der Waals surface area (Å²) < 4.78 is 19.5. The first-order chi connectivity index (χ1) is 13.8. The fourth-order valence-electron chi connectivity index (χ4n) is 3.32. The van der Waals surface area contributed by atoms with E-state index in [-0.39, 0.29) is 43.4 Å². The van der Waals surface area contributed by atoms with E-state index in [1.165, 1.54) is 28.4 Å². The third kappa shape index (κ3) is 5.83. The number of ether oxygens (including phenoxy) is 1. The standard InChI is InChI=1S/C21H26FN3O3S/c1-14(2)8-24-9-18(28-12-16-5-4-6-17(22)7-16)10-25(11-20(24)26)21(27)19-13-29-15(3)23-19/h4-7,13-14,18H,8-12H2,1-3H3/t18-/m1/s1. The number of amides is 2. The molecule has 0 unspecified atom stereocenters. The molecule has 0 bridgehead atoms. The molecule has 2 amide bonds. The number of halogens is 1. The molecule has 2 aromatic rings. The number of thiazole rings is 1. The van der Waals surface area contributed by atoms with Crippen LogP contribution in [0.2, 0.25) is 0 Å². The van der Waals surface area contributed by atoms with Crippen LogP contribution < -0.4 is 0 Å². The van der Waals surface area contributed by atoms with Crippen molar-refractivity contribution in [2.24, 2.45) is 5.92 Å². The quantitative estimate of drug-likeness (QED) is 0.722. The van der Waals surface area contributed by atoms with Crippen LogP contribution in [0.3, 0.4) is 0 Å². The summed E-state index contributed by atoms with van der Waals surface area (Å²) in [5.74, 6) is -0.394. The fraction of sp³-hybridized carbons (Fsp3) is 0.476. The molecular weight excluding hydrogens is 393 g/mol. The molecule has 2 heterocycles. The Morgan fingerprint density at radius 1 is 1.38 bits per heavy atom. The first kappa shape index (κ1) is 21.4. The number of nitrogens with zero attached hydrogens (tertiary/aromatic N) is 3. The number of hydrogen-bond donors (Lipinski definition) is 0. The molecule has 3 rings (SSSR count). The smallest absolute Gasteiger partial charge is 0.273 e. The van der Waals surface area contributed by atoms with E-state index < -0.39 is 0 Å². The molecule has 0 spiro atoms. The van der Waals surface area contributed by atoms with Crippen LogP contribution in [0.25, 0.3) is 0 Å². The molecule has 8 heteroatoms. The van der Waals surface area contributed by atoms with Gasteiger partial charge >= 0.3 is 0 Å². The second-order valence-electron chi connectivity index (χ2n) is 7.69. The van der Waals surface area contributed by atoms with E-state index in [0.29, 0.717) is 30.3 Å². The van der Waals surface area contributed by atoms with E-state index in [1.54, 1.807) is 22.4 Å². The van der Waals surface area contributed by atoms with Gasteiger partial charge in [-0.25, -0.2) is 9.37 Å². The Morgan fingerprint density at radius 2 is 2.17 bits per heavy atom. The Morgan fingerprint density at radius 3 is 2.83 bits per heavy atom. The lowest BCUT2D eigenvalue weighted by Crippen LogP contribution is -2.40. The highest BCUT2D eigenvalue weighted by Crippen LogP contribution is 2.17. The molecule has 0 aliphatic carbocycles. The third-order valence-electron chi connectivity index (χ3n) is 4.61. The van der Waals surface area contributed by atoms with E-state index in [1.807, 2.05) is 20.8 Å². The number of aromatic nitrogens is 1. The summed E-state index contributed by atoms with van der Waals surface area (Å²) in [6, 6.07) is 6.23. The molecule has 0 radical (unpaired) electrons. The number of rotatable bonds is 6. The SMILES string of the molecule is Cc1nc(C(=O)N2CC(=O)N(CC(C)C)C[C@@H](OCc3cccc(F)c3)C2)cs1. The van der Waals surface area contributed by atoms with Crippen molar-refractivity contribution in [3.63, 3.8) is 0 Å². The first-order valence-electron chi connectivity index (χ1n) is 9.67. The molecule has 1 atom stereocenters. The van der Waals surface area contributed by atoms with Crippen LogP contribution in [-0.4, -0.2) is 58.9 Å². The lowest BCUT2D eigenvalue weighted by molar-refractivity contribution is -0.132. The second-order valence-corrected chi connectivity index (χ2v) is 8.76. The Bertz CT molecular complexity index is 870. The molecular formula is C21H26FN3O3S. The summed E-state index contributed by atoms with van der Waals surface area (Å²) in [6.07, 6.45) is -0.368. The van der Waals surface area contributed by atoms with Crippen LogP contribution in [-0.2, 0) is 16.1 Å². The minimum Gasteiger partial charge on any atom is -0.370 e. The Hall–Kier alpha value is -2.32. The van der Waals surface area contributed by atoms with Gasteiger partial charge in [-0.3, -0.25) is 9.59 Å². The molecule has 0 saturated carbocycles. The fourth-order valence-corrected chi connectivity index (χ4v) is 3.91. The van der Waals surface area contributed by atoms with Gasteiger partial charge in [-0.15, -0.1) is 11.3 Å². The van der Waals surface area contributed by atoms with E-state index >= 15 is 0 Å². The van der Waals surface area contributed by atoms with Gasteiger partial charge in [-0.1, -0.05) is 26.0 Å². The van der Waals surface area contributed by atoms with E-state index in [4.69, 9.17) is 4.74 Å². The lowest BCUT2D eigenvalue weighted by atomic mass is 10.2. The molecule has 1 aliphatic heterocycles. The molecule has 156 valence electrons. The van der Waals surface area contributed by atoms with Gasteiger partial charge in [0.05, 0.1) is 17.7 Å². The average Bonchev–Trinajstić information content (AvgIpc) is 3.03. The summed E-state index contributed by atoms with van der Waals surface area (Å²) >= 11 is 1.40. The van der Waals surface area contributed by atoms with Crippen LogP contribution in [0.1, 0.15) is 34.9 Å². The summed E-state index contributed by atoms with van der Waals surface area (Å²) in [5.41, 5.74) is 1.06. The molecule has 1 aliphatic rings. The third-order valence-corrected chi connectivity index (χ3v) is 5.39. The van der Waals surface area contributed by atoms with Crippen LogP contribution in [0.5, 0.6) is 0 Å². The molecule has 29 heavy (non-hydrogen) atoms. The number of hydrogen-bond acceptors (Lipinski definition) is 5. The Kier molecular flexibility index (Phi) is 6.97. The lowest BCUT2D eigenvalue weighted by Gasteiger charge is -2.26. The number of benzene rings is 1. The van der Waals surface area contributed by atoms with E-state index in [9.17, 15) is 14.0 Å². The van der Waals surface area contributed by atoms with Crippen LogP contribution in [0.4, 0.5) is 4.39 Å². The van der Waals surface area contributed by atoms with Crippen molar-refractivity contribution in [2.45, 2.75) is 33.5 Å². The van der Waals surface area contributed by atoms with E-state index in [2.05, 4.69) is 4.98 Å². The highest BCUT2D eigenvalue weighted by Gasteiger charge is 2.32. The maximum atomic E-state index is 13.4. The maximum absolute atomic E-state index is 13.4. The van der Waals surface area contributed by atoms with Crippen LogP contribution in [0, 0.1) is 18.7 Å². The van der Waals surface area contributed by atoms with Crippen molar-refractivity contribution in [1.82, 2.24) is 14.8 Å². The Labute approximate surface area is 174 Å². The molecule has 6 nitrogen and oxygen atoms in total. The molecule has 1 aromatic carbocycles. The van der Waals surface area contributed by atoms with Crippen molar-refractivity contribution in [1.29, 1.82) is 0 Å². The van der Waals surface area contributed by atoms with Gasteiger partial charge in [0.25, 0.3) is 5.91 Å². The van der Waals surface area contributed by atoms with Crippen LogP contribution in [0.15, 0.2) is 29.6 Å². The predicted molar refractivity (Wildman–Crippen MR) is 109 cm³/mol. The average molecular weight is 420 g/mol. The summed E-state index contributed by atoms with van der Waals surface area (Å²) in [5, 5.41) is 2.51. The topological polar surface area (TPSA) is 62.7 Å². The minimum atomic E-state index is -0.368. The van der Waals surface area contributed by atoms with E-state index in [0.717, 1.165) is 5.01 Å². The monoisotopic (exact) mass is 419 g/mol. The Balaban J connectivity index is 1.76. The van der Waals surface area contributed by atoms with Crippen molar-refractivity contribution in [3.05, 3.63) is 51.7 Å². The minimum absolute atomic E-state index is 0.00194. The zero-order valence-electron chi connectivity index (χ0n) is 16.9. The zero-order chi connectivity index (χ0) is 21.0. The number of carbonyl (C=O) groups excluding carboxylic acids is 2. The summed E-state index contributed by atoms with van der Waals surface area (Å²) in [4.78, 5) is 33.2. The summed E-state index contributed by atoms with van der Waals surface area (Å²) in [7, 11) is 0. The normalized spacial score (nSPS) is 17.7. The highest BCUT2D eigenvalue weighted by molar-refractivity contribution is 7.09. The molecule has 1 fully saturated rings.